The first-order chi connectivity index (χ1) is 15.7. The Morgan fingerprint density at radius 1 is 1.15 bits per heavy atom. The van der Waals surface area contributed by atoms with E-state index in [0.29, 0.717) is 30.2 Å². The van der Waals surface area contributed by atoms with Gasteiger partial charge in [0.1, 0.15) is 29.1 Å². The zero-order valence-electron chi connectivity index (χ0n) is 18.3. The van der Waals surface area contributed by atoms with Crippen molar-refractivity contribution in [1.29, 1.82) is 0 Å². The van der Waals surface area contributed by atoms with Crippen LogP contribution in [-0.2, 0) is 9.59 Å². The van der Waals surface area contributed by atoms with Gasteiger partial charge in [-0.15, -0.1) is 0 Å². The maximum Gasteiger partial charge on any atom is 0.257 e. The molecule has 7 nitrogen and oxygen atoms in total. The normalized spacial score (nSPS) is 16.9. The summed E-state index contributed by atoms with van der Waals surface area (Å²) in [4.78, 5) is 44.0. The number of anilines is 1. The molecule has 3 rings (SSSR count). The van der Waals surface area contributed by atoms with Crippen LogP contribution in [0.25, 0.3) is 0 Å². The van der Waals surface area contributed by atoms with Gasteiger partial charge in [0.15, 0.2) is 0 Å². The molecular weight excluding hydrogens is 454 g/mol. The first-order valence-electron chi connectivity index (χ1n) is 10.6. The molecule has 1 unspecified atom stereocenters. The number of nitrogens with zero attached hydrogens (tertiary/aromatic N) is 2. The standard InChI is InChI=1S/C23H25ClF2N4O3/c1-13(2)20(29-22(32)19-16(25)6-3-7-17(19)26)23(33)30-10-4-5-14(12-30)21(31)28-18-9-8-15(24)11-27-18/h3,6-9,11,13-14,20H,4-5,10,12H2,1-2H3,(H,29,32)(H,27,28,31)/t14?,20-/m0/s1. The maximum absolute atomic E-state index is 14.0. The van der Waals surface area contributed by atoms with Crippen molar-refractivity contribution in [3.63, 3.8) is 0 Å². The van der Waals surface area contributed by atoms with Crippen LogP contribution in [0.3, 0.4) is 0 Å². The second-order valence-corrected chi connectivity index (χ2v) is 8.70. The largest absolute Gasteiger partial charge is 0.340 e. The fraction of sp³-hybridized carbons (Fsp3) is 0.391. The lowest BCUT2D eigenvalue weighted by Gasteiger charge is -2.35. The molecule has 1 aliphatic heterocycles. The Balaban J connectivity index is 1.68. The third-order valence-corrected chi connectivity index (χ3v) is 5.72. The van der Waals surface area contributed by atoms with Crippen LogP contribution in [0.2, 0.25) is 5.02 Å². The summed E-state index contributed by atoms with van der Waals surface area (Å²) in [5, 5.41) is 5.63. The molecule has 1 saturated heterocycles. The van der Waals surface area contributed by atoms with Crippen LogP contribution in [0.4, 0.5) is 14.6 Å². The molecule has 2 heterocycles. The van der Waals surface area contributed by atoms with Crippen molar-refractivity contribution in [2.75, 3.05) is 18.4 Å². The topological polar surface area (TPSA) is 91.4 Å². The van der Waals surface area contributed by atoms with Gasteiger partial charge in [-0.25, -0.2) is 13.8 Å². The second-order valence-electron chi connectivity index (χ2n) is 8.27. The number of benzene rings is 1. The zero-order chi connectivity index (χ0) is 24.1. The highest BCUT2D eigenvalue weighted by Crippen LogP contribution is 2.21. The summed E-state index contributed by atoms with van der Waals surface area (Å²) in [5.41, 5.74) is -0.734. The Hall–Kier alpha value is -3.07. The number of pyridine rings is 1. The highest BCUT2D eigenvalue weighted by molar-refractivity contribution is 6.30. The predicted octanol–water partition coefficient (Wildman–Crippen LogP) is 3.64. The summed E-state index contributed by atoms with van der Waals surface area (Å²) in [6.45, 7) is 4.02. The van der Waals surface area contributed by atoms with Gasteiger partial charge in [0.25, 0.3) is 5.91 Å². The first kappa shape index (κ1) is 24.6. The number of hydrogen-bond donors (Lipinski definition) is 2. The second kappa shape index (κ2) is 10.7. The van der Waals surface area contributed by atoms with Gasteiger partial charge in [-0.3, -0.25) is 14.4 Å². The van der Waals surface area contributed by atoms with Crippen molar-refractivity contribution in [2.45, 2.75) is 32.7 Å². The fourth-order valence-corrected chi connectivity index (χ4v) is 3.82. The van der Waals surface area contributed by atoms with Crippen LogP contribution >= 0.6 is 11.6 Å². The summed E-state index contributed by atoms with van der Waals surface area (Å²) in [5.74, 6) is -4.15. The number of carbonyl (C=O) groups is 3. The third-order valence-electron chi connectivity index (χ3n) is 5.49. The maximum atomic E-state index is 14.0. The molecule has 2 aromatic rings. The van der Waals surface area contributed by atoms with Crippen LogP contribution in [0, 0.1) is 23.5 Å². The number of carbonyl (C=O) groups excluding carboxylic acids is 3. The fourth-order valence-electron chi connectivity index (χ4n) is 3.71. The smallest absolute Gasteiger partial charge is 0.257 e. The minimum absolute atomic E-state index is 0.158. The molecule has 10 heteroatoms. The van der Waals surface area contributed by atoms with Gasteiger partial charge in [0.2, 0.25) is 11.8 Å². The quantitative estimate of drug-likeness (QED) is 0.663. The minimum Gasteiger partial charge on any atom is -0.340 e. The molecule has 33 heavy (non-hydrogen) atoms. The Morgan fingerprint density at radius 3 is 2.45 bits per heavy atom. The average Bonchev–Trinajstić information content (AvgIpc) is 2.78. The van der Waals surface area contributed by atoms with Gasteiger partial charge in [0, 0.05) is 19.3 Å². The van der Waals surface area contributed by atoms with E-state index in [2.05, 4.69) is 15.6 Å². The van der Waals surface area contributed by atoms with Crippen molar-refractivity contribution in [2.24, 2.45) is 11.8 Å². The van der Waals surface area contributed by atoms with Crippen molar-refractivity contribution in [3.8, 4) is 0 Å². The average molecular weight is 479 g/mol. The zero-order valence-corrected chi connectivity index (χ0v) is 19.0. The lowest BCUT2D eigenvalue weighted by atomic mass is 9.94. The molecule has 0 bridgehead atoms. The number of hydrogen-bond acceptors (Lipinski definition) is 4. The molecule has 1 aromatic heterocycles. The molecular formula is C23H25ClF2N4O3. The van der Waals surface area contributed by atoms with E-state index in [1.807, 2.05) is 0 Å². The number of aromatic nitrogens is 1. The summed E-state index contributed by atoms with van der Waals surface area (Å²) < 4.78 is 28.0. The molecule has 2 N–H and O–H groups in total. The summed E-state index contributed by atoms with van der Waals surface area (Å²) in [6, 6.07) is 5.30. The van der Waals surface area contributed by atoms with E-state index in [1.165, 1.54) is 11.1 Å². The molecule has 0 radical (unpaired) electrons. The first-order valence-corrected chi connectivity index (χ1v) is 11.0. The molecule has 3 amide bonds. The number of amides is 3. The summed E-state index contributed by atoms with van der Waals surface area (Å²) in [6.07, 6.45) is 2.60. The van der Waals surface area contributed by atoms with Crippen molar-refractivity contribution >= 4 is 35.1 Å². The molecule has 2 atom stereocenters. The van der Waals surface area contributed by atoms with Crippen LogP contribution in [0.5, 0.6) is 0 Å². The number of halogens is 3. The highest BCUT2D eigenvalue weighted by Gasteiger charge is 2.34. The van der Waals surface area contributed by atoms with Crippen molar-refractivity contribution < 1.29 is 23.2 Å². The molecule has 1 aromatic carbocycles. The molecule has 1 fully saturated rings. The number of piperidine rings is 1. The van der Waals surface area contributed by atoms with Crippen molar-refractivity contribution in [3.05, 3.63) is 58.7 Å². The van der Waals surface area contributed by atoms with Gasteiger partial charge >= 0.3 is 0 Å². The lowest BCUT2D eigenvalue weighted by Crippen LogP contribution is -2.54. The lowest BCUT2D eigenvalue weighted by molar-refractivity contribution is -0.137. The number of rotatable bonds is 6. The van der Waals surface area contributed by atoms with Crippen LogP contribution < -0.4 is 10.6 Å². The minimum atomic E-state index is -1.01. The monoisotopic (exact) mass is 478 g/mol. The van der Waals surface area contributed by atoms with Gasteiger partial charge in [0.05, 0.1) is 10.9 Å². The van der Waals surface area contributed by atoms with Gasteiger partial charge in [-0.1, -0.05) is 31.5 Å². The van der Waals surface area contributed by atoms with Gasteiger partial charge < -0.3 is 15.5 Å². The van der Waals surface area contributed by atoms with Crippen molar-refractivity contribution in [1.82, 2.24) is 15.2 Å². The van der Waals surface area contributed by atoms with E-state index in [4.69, 9.17) is 11.6 Å². The summed E-state index contributed by atoms with van der Waals surface area (Å²) in [7, 11) is 0. The van der Waals surface area contributed by atoms with E-state index >= 15 is 0 Å². The van der Waals surface area contributed by atoms with E-state index < -0.39 is 41.0 Å². The summed E-state index contributed by atoms with van der Waals surface area (Å²) >= 11 is 5.81. The number of nitrogens with one attached hydrogen (secondary N) is 2. The van der Waals surface area contributed by atoms with E-state index in [0.717, 1.165) is 18.2 Å². The van der Waals surface area contributed by atoms with Crippen LogP contribution in [0.1, 0.15) is 37.0 Å². The molecule has 0 saturated carbocycles. The van der Waals surface area contributed by atoms with Gasteiger partial charge in [-0.2, -0.15) is 0 Å². The van der Waals surface area contributed by atoms with Crippen LogP contribution in [0.15, 0.2) is 36.5 Å². The Kier molecular flexibility index (Phi) is 7.97. The highest BCUT2D eigenvalue weighted by atomic mass is 35.5. The molecule has 176 valence electrons. The SMILES string of the molecule is CC(C)[C@H](NC(=O)c1c(F)cccc1F)C(=O)N1CCCC(C(=O)Nc2ccc(Cl)cn2)C1. The third kappa shape index (κ3) is 6.04. The Labute approximate surface area is 195 Å². The Morgan fingerprint density at radius 2 is 1.85 bits per heavy atom. The Bertz CT molecular complexity index is 1010. The van der Waals surface area contributed by atoms with E-state index in [9.17, 15) is 23.2 Å². The molecule has 0 aliphatic carbocycles. The molecule has 0 spiro atoms. The molecule has 1 aliphatic rings. The van der Waals surface area contributed by atoms with E-state index in [-0.39, 0.29) is 18.4 Å². The van der Waals surface area contributed by atoms with Gasteiger partial charge in [-0.05, 0) is 43.0 Å². The number of likely N-dealkylation sites (tertiary alicyclic amines) is 1. The van der Waals surface area contributed by atoms with E-state index in [1.54, 1.807) is 26.0 Å². The van der Waals surface area contributed by atoms with Crippen LogP contribution in [-0.4, -0.2) is 46.7 Å². The predicted molar refractivity (Wildman–Crippen MR) is 120 cm³/mol.